The summed E-state index contributed by atoms with van der Waals surface area (Å²) >= 11 is 6.56. The molecular weight excluding hydrogens is 868 g/mol. The number of carbonyl (C=O) groups is 4. The second-order valence-corrected chi connectivity index (χ2v) is 20.5. The number of aromatic nitrogens is 2. The highest BCUT2D eigenvalue weighted by atomic mass is 35.5. The molecule has 12 rings (SSSR count). The molecule has 2 spiro atoms. The molecule has 1 aliphatic carbocycles. The Labute approximate surface area is 385 Å². The van der Waals surface area contributed by atoms with Crippen LogP contribution in [0.25, 0.3) is 16.6 Å². The molecule has 344 valence electrons. The van der Waals surface area contributed by atoms with E-state index in [0.29, 0.717) is 67.3 Å². The number of ether oxygens (including phenoxy) is 1. The third-order valence-electron chi connectivity index (χ3n) is 16.8. The van der Waals surface area contributed by atoms with Gasteiger partial charge in [0.2, 0.25) is 11.8 Å². The Morgan fingerprint density at radius 3 is 2.39 bits per heavy atom. The molecule has 8 heterocycles. The molecule has 4 saturated heterocycles. The summed E-state index contributed by atoms with van der Waals surface area (Å²) in [5, 5.41) is 3.18. The Bertz CT molecular complexity index is 2810. The number of nitrogens with one attached hydrogen (secondary N) is 1. The van der Waals surface area contributed by atoms with Gasteiger partial charge in [-0.1, -0.05) is 55.1 Å². The van der Waals surface area contributed by atoms with Gasteiger partial charge in [-0.05, 0) is 106 Å². The largest absolute Gasteiger partial charge is 0.492 e. The number of nitrogens with zero attached hydrogens (tertiary/aromatic N) is 6. The van der Waals surface area contributed by atoms with Gasteiger partial charge in [0.15, 0.2) is 0 Å². The van der Waals surface area contributed by atoms with E-state index in [9.17, 15) is 24.0 Å². The number of hydrogen-bond acceptors (Lipinski definition) is 8. The summed E-state index contributed by atoms with van der Waals surface area (Å²) in [4.78, 5) is 76.4. The summed E-state index contributed by atoms with van der Waals surface area (Å²) < 4.78 is 41.0. The van der Waals surface area contributed by atoms with E-state index in [2.05, 4.69) is 28.1 Å². The Kier molecular flexibility index (Phi) is 9.74. The summed E-state index contributed by atoms with van der Waals surface area (Å²) in [6.07, 6.45) is 8.43. The van der Waals surface area contributed by atoms with Gasteiger partial charge in [0.05, 0.1) is 52.8 Å². The van der Waals surface area contributed by atoms with E-state index in [1.54, 1.807) is 17.0 Å². The molecule has 8 aliphatic rings. The maximum absolute atomic E-state index is 16.3. The number of halogens is 3. The number of alkyl halides is 2. The lowest BCUT2D eigenvalue weighted by Crippen LogP contribution is -2.62. The standard InChI is InChI=1S/C50H52ClF2N7O6/c51-35-5-4-6-37-41(35)44(63)55-46-49(16-2-1-3-17-49)34-25-30(7-10-36(34)60(37)46)29-13-20-56(21-14-29)39-15-22-58(27-50(39,52)53)47(65)57-23-18-48(19-24-57)28-66-42-32-26-59(38-11-12-40(61)54-43(38)62)45(64)31(32)8-9-33(42)48/h4-10,25,29,38-39H,1-3,11-24,26-28H2,(H,54,61,62). The van der Waals surface area contributed by atoms with E-state index in [-0.39, 0.29) is 72.5 Å². The average molecular weight is 920 g/mol. The Morgan fingerprint density at radius 2 is 1.64 bits per heavy atom. The van der Waals surface area contributed by atoms with Gasteiger partial charge in [0, 0.05) is 48.2 Å². The number of hydrogen-bond donors (Lipinski definition) is 1. The van der Waals surface area contributed by atoms with Crippen LogP contribution in [0.1, 0.15) is 121 Å². The van der Waals surface area contributed by atoms with E-state index < -0.39 is 30.5 Å². The van der Waals surface area contributed by atoms with Gasteiger partial charge in [0.1, 0.15) is 17.6 Å². The number of piperidine rings is 4. The lowest BCUT2D eigenvalue weighted by molar-refractivity contribution is -0.136. The molecule has 3 aromatic carbocycles. The number of rotatable bonds is 3. The molecule has 7 aliphatic heterocycles. The van der Waals surface area contributed by atoms with E-state index in [1.165, 1.54) is 20.9 Å². The van der Waals surface area contributed by atoms with Crippen LogP contribution in [0.4, 0.5) is 13.6 Å². The van der Waals surface area contributed by atoms with Crippen molar-refractivity contribution in [1.82, 2.24) is 34.5 Å². The molecule has 16 heteroatoms. The first-order valence-electron chi connectivity index (χ1n) is 23.8. The van der Waals surface area contributed by atoms with Gasteiger partial charge < -0.3 is 19.4 Å². The van der Waals surface area contributed by atoms with Gasteiger partial charge in [-0.3, -0.25) is 34.0 Å². The maximum atomic E-state index is 16.3. The molecule has 1 aromatic heterocycles. The molecule has 1 N–H and O–H groups in total. The zero-order valence-electron chi connectivity index (χ0n) is 36.8. The summed E-state index contributed by atoms with van der Waals surface area (Å²) in [7, 11) is 0. The Morgan fingerprint density at radius 1 is 0.848 bits per heavy atom. The molecule has 1 saturated carbocycles. The van der Waals surface area contributed by atoms with Crippen LogP contribution in [0.3, 0.4) is 0 Å². The second kappa shape index (κ2) is 15.3. The van der Waals surface area contributed by atoms with E-state index in [1.807, 2.05) is 23.1 Å². The quantitative estimate of drug-likeness (QED) is 0.222. The number of benzene rings is 3. The SMILES string of the molecule is O=C1CCC(N2Cc3c(ccc4c3OCC43CCN(C(=O)N4CCC(N5CCC(c6ccc7c(c6)C6(CCCCC6)c6nc(=O)c8c(Cl)cccc8n6-7)CC5)C(F)(F)C4)CC3)C2=O)C(=O)N1. The van der Waals surface area contributed by atoms with Crippen molar-refractivity contribution in [3.05, 3.63) is 97.5 Å². The van der Waals surface area contributed by atoms with Crippen LogP contribution in [0, 0.1) is 0 Å². The molecule has 0 radical (unpaired) electrons. The summed E-state index contributed by atoms with van der Waals surface area (Å²) in [5.74, 6) is -2.46. The van der Waals surface area contributed by atoms with E-state index in [4.69, 9.17) is 21.3 Å². The number of likely N-dealkylation sites (tertiary alicyclic amines) is 3. The molecule has 5 fully saturated rings. The van der Waals surface area contributed by atoms with Crippen molar-refractivity contribution in [1.29, 1.82) is 0 Å². The lowest BCUT2D eigenvalue weighted by Gasteiger charge is -2.47. The third kappa shape index (κ3) is 6.30. The maximum Gasteiger partial charge on any atom is 0.320 e. The van der Waals surface area contributed by atoms with E-state index in [0.717, 1.165) is 73.1 Å². The highest BCUT2D eigenvalue weighted by Gasteiger charge is 2.53. The number of amides is 5. The normalized spacial score (nSPS) is 25.5. The fourth-order valence-corrected chi connectivity index (χ4v) is 13.5. The predicted octanol–water partition coefficient (Wildman–Crippen LogP) is 6.80. The van der Waals surface area contributed by atoms with Gasteiger partial charge >= 0.3 is 6.03 Å². The molecular formula is C50H52ClF2N7O6. The molecule has 2 atom stereocenters. The minimum atomic E-state index is -3.07. The van der Waals surface area contributed by atoms with Gasteiger partial charge in [-0.15, -0.1) is 0 Å². The molecule has 66 heavy (non-hydrogen) atoms. The van der Waals surface area contributed by atoms with Crippen LogP contribution in [0.5, 0.6) is 5.75 Å². The number of fused-ring (bicyclic) bond motifs is 11. The Balaban J connectivity index is 0.688. The van der Waals surface area contributed by atoms with Gasteiger partial charge in [-0.2, -0.15) is 4.98 Å². The van der Waals surface area contributed by atoms with Gasteiger partial charge in [-0.25, -0.2) is 13.6 Å². The smallest absolute Gasteiger partial charge is 0.320 e. The first-order valence-corrected chi connectivity index (χ1v) is 24.2. The Hall–Kier alpha value is -5.41. The van der Waals surface area contributed by atoms with Crippen LogP contribution in [0.15, 0.2) is 53.3 Å². The summed E-state index contributed by atoms with van der Waals surface area (Å²) in [6.45, 7) is 2.15. The first kappa shape index (κ1) is 42.0. The zero-order chi connectivity index (χ0) is 45.3. The zero-order valence-corrected chi connectivity index (χ0v) is 37.5. The fraction of sp³-hybridized carbons (Fsp3) is 0.520. The van der Waals surface area contributed by atoms with E-state index >= 15 is 8.78 Å². The fourth-order valence-electron chi connectivity index (χ4n) is 13.3. The van der Waals surface area contributed by atoms with Crippen LogP contribution in [-0.2, 0) is 27.0 Å². The van der Waals surface area contributed by atoms with Crippen LogP contribution >= 0.6 is 11.6 Å². The molecule has 5 amide bonds. The monoisotopic (exact) mass is 919 g/mol. The van der Waals surface area contributed by atoms with Crippen molar-refractivity contribution in [2.75, 3.05) is 45.9 Å². The van der Waals surface area contributed by atoms with Crippen molar-refractivity contribution >= 4 is 46.3 Å². The third-order valence-corrected chi connectivity index (χ3v) is 17.1. The predicted molar refractivity (Wildman–Crippen MR) is 241 cm³/mol. The average Bonchev–Trinajstić information content (AvgIpc) is 3.93. The molecule has 4 aromatic rings. The number of carbonyl (C=O) groups excluding carboxylic acids is 4. The van der Waals surface area contributed by atoms with Crippen molar-refractivity contribution in [2.45, 2.75) is 118 Å². The van der Waals surface area contributed by atoms with Crippen molar-refractivity contribution in [3.8, 4) is 11.4 Å². The molecule has 2 unspecified atom stereocenters. The summed E-state index contributed by atoms with van der Waals surface area (Å²) in [6, 6.07) is 13.9. The minimum Gasteiger partial charge on any atom is -0.492 e. The first-order chi connectivity index (χ1) is 31.9. The van der Waals surface area contributed by atoms with Crippen LogP contribution in [0.2, 0.25) is 5.02 Å². The molecule has 13 nitrogen and oxygen atoms in total. The second-order valence-electron chi connectivity index (χ2n) is 20.1. The number of urea groups is 1. The van der Waals surface area contributed by atoms with Gasteiger partial charge in [0.25, 0.3) is 17.4 Å². The topological polar surface area (TPSA) is 137 Å². The highest BCUT2D eigenvalue weighted by Crippen LogP contribution is 2.53. The van der Waals surface area contributed by atoms with Crippen molar-refractivity contribution in [3.63, 3.8) is 0 Å². The van der Waals surface area contributed by atoms with Crippen LogP contribution in [-0.4, -0.2) is 117 Å². The summed E-state index contributed by atoms with van der Waals surface area (Å²) in [5.41, 5.74) is 5.42. The minimum absolute atomic E-state index is 0.174. The van der Waals surface area contributed by atoms with Crippen LogP contribution < -0.4 is 15.6 Å². The number of imide groups is 1. The highest BCUT2D eigenvalue weighted by molar-refractivity contribution is 6.35. The lowest BCUT2D eigenvalue weighted by atomic mass is 9.69. The molecule has 0 bridgehead atoms. The van der Waals surface area contributed by atoms with Crippen molar-refractivity contribution in [2.24, 2.45) is 0 Å². The van der Waals surface area contributed by atoms with Crippen molar-refractivity contribution < 1.29 is 32.7 Å².